The van der Waals surface area contributed by atoms with Crippen molar-refractivity contribution in [2.24, 2.45) is 0 Å². The van der Waals surface area contributed by atoms with Gasteiger partial charge in [0.2, 0.25) is 0 Å². The number of nitrogens with one attached hydrogen (secondary N) is 1. The van der Waals surface area contributed by atoms with Gasteiger partial charge in [-0.2, -0.15) is 5.26 Å². The molecular weight excluding hydrogens is 354 g/mol. The first kappa shape index (κ1) is 19.2. The second-order valence-corrected chi connectivity index (χ2v) is 6.37. The Balaban J connectivity index is 1.79. The minimum atomic E-state index is -0.409. The van der Waals surface area contributed by atoms with E-state index in [9.17, 15) is 10.1 Å². The van der Waals surface area contributed by atoms with Gasteiger partial charge >= 0.3 is 5.97 Å². The summed E-state index contributed by atoms with van der Waals surface area (Å²) >= 11 is 0. The van der Waals surface area contributed by atoms with Crippen LogP contribution in [0.4, 0.5) is 0 Å². The van der Waals surface area contributed by atoms with Gasteiger partial charge in [0.25, 0.3) is 0 Å². The molecule has 0 saturated heterocycles. The van der Waals surface area contributed by atoms with Crippen LogP contribution in [-0.2, 0) is 9.53 Å². The van der Waals surface area contributed by atoms with Crippen LogP contribution < -0.4 is 4.74 Å². The lowest BCUT2D eigenvalue weighted by Gasteiger charge is -2.05. The highest BCUT2D eigenvalue weighted by atomic mass is 16.6. The lowest BCUT2D eigenvalue weighted by molar-refractivity contribution is -0.145. The van der Waals surface area contributed by atoms with Crippen LogP contribution in [0.25, 0.3) is 22.7 Å². The Morgan fingerprint density at radius 3 is 2.61 bits per heavy atom. The first-order chi connectivity index (χ1) is 13.5. The molecule has 28 heavy (non-hydrogen) atoms. The molecule has 1 aromatic heterocycles. The number of fused-ring (bicyclic) bond motifs is 1. The fraction of sp³-hybridized carbons (Fsp3) is 0.227. The molecule has 3 rings (SSSR count). The number of hydrogen-bond acceptors (Lipinski definition) is 5. The number of ether oxygens (including phenoxy) is 2. The third-order valence-electron chi connectivity index (χ3n) is 4.33. The van der Waals surface area contributed by atoms with Crippen LogP contribution in [0.3, 0.4) is 0 Å². The molecule has 0 atom stereocenters. The van der Waals surface area contributed by atoms with E-state index < -0.39 is 5.97 Å². The molecule has 0 fully saturated rings. The average molecular weight is 375 g/mol. The molecular formula is C22H21N3O3. The van der Waals surface area contributed by atoms with Crippen molar-refractivity contribution in [1.82, 2.24) is 9.97 Å². The van der Waals surface area contributed by atoms with Crippen LogP contribution in [-0.4, -0.2) is 29.2 Å². The van der Waals surface area contributed by atoms with E-state index in [1.165, 1.54) is 5.56 Å². The van der Waals surface area contributed by atoms with E-state index in [1.54, 1.807) is 25.1 Å². The first-order valence-corrected chi connectivity index (χ1v) is 8.97. The van der Waals surface area contributed by atoms with E-state index in [2.05, 4.69) is 16.0 Å². The molecule has 0 aliphatic heterocycles. The Bertz CT molecular complexity index is 1030. The Labute approximate surface area is 163 Å². The summed E-state index contributed by atoms with van der Waals surface area (Å²) < 4.78 is 10.2. The number of aryl methyl sites for hydroxylation is 2. The number of aromatic nitrogens is 2. The fourth-order valence-electron chi connectivity index (χ4n) is 2.72. The van der Waals surface area contributed by atoms with Crippen molar-refractivity contribution in [3.8, 4) is 11.8 Å². The molecule has 0 radical (unpaired) electrons. The van der Waals surface area contributed by atoms with E-state index in [0.717, 1.165) is 22.2 Å². The predicted octanol–water partition coefficient (Wildman–Crippen LogP) is 4.19. The molecule has 1 N–H and O–H groups in total. The zero-order chi connectivity index (χ0) is 20.1. The van der Waals surface area contributed by atoms with Crippen molar-refractivity contribution in [3.05, 3.63) is 58.9 Å². The van der Waals surface area contributed by atoms with Crippen LogP contribution >= 0.6 is 0 Å². The minimum absolute atomic E-state index is 0.135. The zero-order valence-corrected chi connectivity index (χ0v) is 16.1. The van der Waals surface area contributed by atoms with Crippen molar-refractivity contribution in [2.75, 3.05) is 13.2 Å². The summed E-state index contributed by atoms with van der Waals surface area (Å²) in [5.41, 5.74) is 5.33. The number of allylic oxidation sites excluding steroid dienone is 1. The van der Waals surface area contributed by atoms with Gasteiger partial charge in [-0.1, -0.05) is 12.1 Å². The molecule has 0 unspecified atom stereocenters. The summed E-state index contributed by atoms with van der Waals surface area (Å²) in [5.74, 6) is 0.678. The highest BCUT2D eigenvalue weighted by Crippen LogP contribution is 2.22. The maximum Gasteiger partial charge on any atom is 0.344 e. The molecule has 0 bridgehead atoms. The van der Waals surface area contributed by atoms with Gasteiger partial charge in [0.1, 0.15) is 17.6 Å². The van der Waals surface area contributed by atoms with Gasteiger partial charge in [-0.05, 0) is 67.8 Å². The number of rotatable bonds is 6. The first-order valence-electron chi connectivity index (χ1n) is 8.97. The molecule has 0 aliphatic carbocycles. The zero-order valence-electron chi connectivity index (χ0n) is 16.1. The quantitative estimate of drug-likeness (QED) is 0.516. The number of aromatic amines is 1. The number of nitrogens with zero attached hydrogens (tertiary/aromatic N) is 2. The lowest BCUT2D eigenvalue weighted by Crippen LogP contribution is -2.14. The molecule has 0 amide bonds. The molecule has 6 heteroatoms. The molecule has 142 valence electrons. The van der Waals surface area contributed by atoms with Crippen LogP contribution in [0, 0.1) is 25.2 Å². The van der Waals surface area contributed by atoms with Gasteiger partial charge in [-0.15, -0.1) is 0 Å². The second kappa shape index (κ2) is 8.40. The Morgan fingerprint density at radius 1 is 1.21 bits per heavy atom. The fourth-order valence-corrected chi connectivity index (χ4v) is 2.72. The van der Waals surface area contributed by atoms with E-state index >= 15 is 0 Å². The van der Waals surface area contributed by atoms with Crippen LogP contribution in [0.2, 0.25) is 0 Å². The van der Waals surface area contributed by atoms with Gasteiger partial charge in [0.15, 0.2) is 6.61 Å². The van der Waals surface area contributed by atoms with Gasteiger partial charge in [0, 0.05) is 0 Å². The third kappa shape index (κ3) is 4.38. The second-order valence-electron chi connectivity index (χ2n) is 6.37. The van der Waals surface area contributed by atoms with E-state index in [-0.39, 0.29) is 6.61 Å². The van der Waals surface area contributed by atoms with Gasteiger partial charge in [-0.3, -0.25) is 0 Å². The maximum atomic E-state index is 11.3. The van der Waals surface area contributed by atoms with E-state index in [0.29, 0.717) is 23.8 Å². The third-order valence-corrected chi connectivity index (χ3v) is 4.33. The summed E-state index contributed by atoms with van der Waals surface area (Å²) in [5, 5.41) is 9.57. The Kier molecular flexibility index (Phi) is 5.75. The normalized spacial score (nSPS) is 11.3. The monoisotopic (exact) mass is 375 g/mol. The molecule has 1 heterocycles. The minimum Gasteiger partial charge on any atom is -0.482 e. The summed E-state index contributed by atoms with van der Waals surface area (Å²) in [6.07, 6.45) is 1.76. The average Bonchev–Trinajstić information content (AvgIpc) is 3.08. The summed E-state index contributed by atoms with van der Waals surface area (Å²) in [7, 11) is 0. The summed E-state index contributed by atoms with van der Waals surface area (Å²) in [4.78, 5) is 19.1. The van der Waals surface area contributed by atoms with Crippen molar-refractivity contribution in [1.29, 1.82) is 5.26 Å². The van der Waals surface area contributed by atoms with Crippen LogP contribution in [0.5, 0.6) is 5.75 Å². The number of benzene rings is 2. The van der Waals surface area contributed by atoms with E-state index in [4.69, 9.17) is 9.47 Å². The van der Waals surface area contributed by atoms with Crippen molar-refractivity contribution in [3.63, 3.8) is 0 Å². The largest absolute Gasteiger partial charge is 0.482 e. The predicted molar refractivity (Wildman–Crippen MR) is 108 cm³/mol. The number of esters is 1. The Hall–Kier alpha value is -3.59. The number of carbonyl (C=O) groups excluding carboxylic acids is 1. The highest BCUT2D eigenvalue weighted by molar-refractivity contribution is 5.90. The van der Waals surface area contributed by atoms with Crippen LogP contribution in [0.15, 0.2) is 36.4 Å². The molecule has 0 spiro atoms. The topological polar surface area (TPSA) is 88.0 Å². The number of H-pyrrole nitrogens is 1. The number of imidazole rings is 1. The highest BCUT2D eigenvalue weighted by Gasteiger charge is 2.09. The Morgan fingerprint density at radius 2 is 1.93 bits per heavy atom. The lowest BCUT2D eigenvalue weighted by atomic mass is 10.1. The molecule has 0 saturated carbocycles. The van der Waals surface area contributed by atoms with Crippen molar-refractivity contribution >= 4 is 28.7 Å². The standard InChI is InChI=1S/C22H21N3O3/c1-4-27-21(26)13-28-18-7-5-16(6-8-18)11-17(12-23)22-24-19-9-14(2)15(3)10-20(19)25-22/h5-11H,4,13H2,1-3H3,(H,24,25)/b17-11-. The van der Waals surface area contributed by atoms with Gasteiger partial charge < -0.3 is 14.5 Å². The molecule has 0 aliphatic rings. The smallest absolute Gasteiger partial charge is 0.344 e. The number of hydrogen-bond donors (Lipinski definition) is 1. The van der Waals surface area contributed by atoms with Crippen molar-refractivity contribution in [2.45, 2.75) is 20.8 Å². The number of carbonyl (C=O) groups is 1. The molecule has 6 nitrogen and oxygen atoms in total. The number of nitriles is 1. The molecule has 3 aromatic rings. The summed E-state index contributed by atoms with van der Waals surface area (Å²) in [6.45, 7) is 6.02. The molecule has 2 aromatic carbocycles. The maximum absolute atomic E-state index is 11.3. The van der Waals surface area contributed by atoms with Crippen molar-refractivity contribution < 1.29 is 14.3 Å². The van der Waals surface area contributed by atoms with Gasteiger partial charge in [0.05, 0.1) is 23.2 Å². The van der Waals surface area contributed by atoms with Crippen LogP contribution in [0.1, 0.15) is 29.4 Å². The van der Waals surface area contributed by atoms with Gasteiger partial charge in [-0.25, -0.2) is 9.78 Å². The van der Waals surface area contributed by atoms with E-state index in [1.807, 2.05) is 38.1 Å². The summed E-state index contributed by atoms with van der Waals surface area (Å²) in [6, 6.07) is 13.4. The SMILES string of the molecule is CCOC(=O)COc1ccc(/C=C(/C#N)c2nc3cc(C)c(C)cc3[nH]2)cc1.